The minimum atomic E-state index is 0.271. The third-order valence-corrected chi connectivity index (χ3v) is 3.95. The molecule has 0 amide bonds. The Kier molecular flexibility index (Phi) is 5.57. The van der Waals surface area contributed by atoms with Crippen molar-refractivity contribution in [1.29, 1.82) is 0 Å². The average molecular weight is 402 g/mol. The number of alkyl halides is 2. The van der Waals surface area contributed by atoms with Crippen molar-refractivity contribution in [3.63, 3.8) is 0 Å². The highest BCUT2D eigenvalue weighted by Crippen LogP contribution is 2.30. The Balaban J connectivity index is 2.53. The summed E-state index contributed by atoms with van der Waals surface area (Å²) in [5.74, 6) is 0. The molecule has 0 spiro atoms. The lowest BCUT2D eigenvalue weighted by Crippen LogP contribution is -2.06. The summed E-state index contributed by atoms with van der Waals surface area (Å²) in [5.41, 5.74) is 1.35. The number of hydrogen-bond acceptors (Lipinski definition) is 1. The Hall–Kier alpha value is 0.640. The van der Waals surface area contributed by atoms with Crippen molar-refractivity contribution in [2.75, 3.05) is 6.61 Å². The summed E-state index contributed by atoms with van der Waals surface area (Å²) in [7, 11) is 0. The summed E-state index contributed by atoms with van der Waals surface area (Å²) in [6.07, 6.45) is 1.03. The summed E-state index contributed by atoms with van der Waals surface area (Å²) in [6.45, 7) is 0.271. The molecule has 13 heavy (non-hydrogen) atoms. The van der Waals surface area contributed by atoms with Crippen molar-refractivity contribution in [3.8, 4) is 0 Å². The molecule has 0 aliphatic heterocycles. The van der Waals surface area contributed by atoms with E-state index < -0.39 is 0 Å². The van der Waals surface area contributed by atoms with Crippen molar-refractivity contribution >= 4 is 45.2 Å². The zero-order valence-electron chi connectivity index (χ0n) is 7.16. The first-order valence-electron chi connectivity index (χ1n) is 4.18. The van der Waals surface area contributed by atoms with Gasteiger partial charge in [0.05, 0.1) is 6.61 Å². The van der Waals surface area contributed by atoms with E-state index in [4.69, 9.17) is 5.11 Å². The van der Waals surface area contributed by atoms with E-state index in [0.717, 1.165) is 6.42 Å². The fourth-order valence-corrected chi connectivity index (χ4v) is 3.61. The molecule has 0 heterocycles. The fourth-order valence-electron chi connectivity index (χ4n) is 1.10. The normalized spacial score (nSPS) is 15.3. The van der Waals surface area contributed by atoms with Gasteiger partial charge in [0, 0.05) is 7.85 Å². The number of aliphatic hydroxyl groups excluding tert-OH is 1. The first-order chi connectivity index (χ1) is 6.24. The van der Waals surface area contributed by atoms with Gasteiger partial charge in [0.15, 0.2) is 0 Å². The van der Waals surface area contributed by atoms with Gasteiger partial charge in [-0.2, -0.15) is 0 Å². The lowest BCUT2D eigenvalue weighted by atomic mass is 10.1. The predicted molar refractivity (Wildman–Crippen MR) is 72.7 cm³/mol. The SMILES string of the molecule is OCC(I)CC(I)c1ccccc1. The van der Waals surface area contributed by atoms with Gasteiger partial charge in [-0.1, -0.05) is 75.5 Å². The number of aliphatic hydroxyl groups is 1. The molecule has 0 radical (unpaired) electrons. The molecule has 0 aliphatic carbocycles. The van der Waals surface area contributed by atoms with Crippen LogP contribution in [-0.2, 0) is 0 Å². The second kappa shape index (κ2) is 6.19. The van der Waals surface area contributed by atoms with Crippen LogP contribution in [-0.4, -0.2) is 15.6 Å². The maximum absolute atomic E-state index is 8.92. The summed E-state index contributed by atoms with van der Waals surface area (Å²) in [5, 5.41) is 8.92. The van der Waals surface area contributed by atoms with E-state index in [1.807, 2.05) is 6.07 Å². The molecular formula is C10H12I2O. The highest BCUT2D eigenvalue weighted by Gasteiger charge is 2.11. The molecule has 0 saturated heterocycles. The molecule has 0 aliphatic rings. The third kappa shape index (κ3) is 4.12. The van der Waals surface area contributed by atoms with Crippen LogP contribution in [0.3, 0.4) is 0 Å². The van der Waals surface area contributed by atoms with Crippen molar-refractivity contribution < 1.29 is 5.11 Å². The van der Waals surface area contributed by atoms with Gasteiger partial charge < -0.3 is 5.11 Å². The first kappa shape index (κ1) is 11.7. The van der Waals surface area contributed by atoms with Crippen LogP contribution < -0.4 is 0 Å². The maximum Gasteiger partial charge on any atom is 0.0549 e. The molecule has 1 aromatic rings. The Morgan fingerprint density at radius 3 is 2.31 bits per heavy atom. The number of benzene rings is 1. The Morgan fingerprint density at radius 1 is 1.15 bits per heavy atom. The van der Waals surface area contributed by atoms with Crippen LogP contribution in [0.25, 0.3) is 0 Å². The highest BCUT2D eigenvalue weighted by atomic mass is 127. The van der Waals surface area contributed by atoms with Gasteiger partial charge in [-0.3, -0.25) is 0 Å². The quantitative estimate of drug-likeness (QED) is 0.606. The molecule has 1 aromatic carbocycles. The largest absolute Gasteiger partial charge is 0.395 e. The van der Waals surface area contributed by atoms with Crippen molar-refractivity contribution in [2.24, 2.45) is 0 Å². The second-order valence-electron chi connectivity index (χ2n) is 2.89. The van der Waals surface area contributed by atoms with Gasteiger partial charge in [0.25, 0.3) is 0 Å². The molecule has 1 N–H and O–H groups in total. The van der Waals surface area contributed by atoms with E-state index in [9.17, 15) is 0 Å². The smallest absolute Gasteiger partial charge is 0.0549 e. The van der Waals surface area contributed by atoms with Crippen molar-refractivity contribution in [2.45, 2.75) is 14.3 Å². The summed E-state index contributed by atoms with van der Waals surface area (Å²) < 4.78 is 0.868. The Labute approximate surface area is 106 Å². The molecule has 3 heteroatoms. The molecule has 72 valence electrons. The monoisotopic (exact) mass is 402 g/mol. The standard InChI is InChI=1S/C10H12I2O/c11-9(7-13)6-10(12)8-4-2-1-3-5-8/h1-5,9-10,13H,6-7H2. The lowest BCUT2D eigenvalue weighted by molar-refractivity contribution is 0.295. The highest BCUT2D eigenvalue weighted by molar-refractivity contribution is 14.1. The lowest BCUT2D eigenvalue weighted by Gasteiger charge is -2.12. The molecule has 0 aromatic heterocycles. The van der Waals surface area contributed by atoms with Crippen LogP contribution in [0.5, 0.6) is 0 Å². The van der Waals surface area contributed by atoms with Crippen LogP contribution in [0, 0.1) is 0 Å². The number of rotatable bonds is 4. The van der Waals surface area contributed by atoms with Crippen LogP contribution in [0.2, 0.25) is 0 Å². The van der Waals surface area contributed by atoms with Gasteiger partial charge in [-0.15, -0.1) is 0 Å². The van der Waals surface area contributed by atoms with E-state index in [1.165, 1.54) is 5.56 Å². The average Bonchev–Trinajstić information content (AvgIpc) is 2.19. The molecule has 2 unspecified atom stereocenters. The van der Waals surface area contributed by atoms with Crippen LogP contribution in [0.15, 0.2) is 30.3 Å². The maximum atomic E-state index is 8.92. The van der Waals surface area contributed by atoms with E-state index in [0.29, 0.717) is 7.85 Å². The summed E-state index contributed by atoms with van der Waals surface area (Å²) in [4.78, 5) is 0. The Bertz CT molecular complexity index is 238. The van der Waals surface area contributed by atoms with E-state index in [1.54, 1.807) is 0 Å². The molecule has 0 bridgehead atoms. The summed E-state index contributed by atoms with van der Waals surface area (Å²) in [6, 6.07) is 10.4. The van der Waals surface area contributed by atoms with Gasteiger partial charge in [-0.05, 0) is 12.0 Å². The number of halogens is 2. The minimum Gasteiger partial charge on any atom is -0.395 e. The van der Waals surface area contributed by atoms with Crippen LogP contribution in [0.4, 0.5) is 0 Å². The zero-order chi connectivity index (χ0) is 9.68. The summed E-state index contributed by atoms with van der Waals surface area (Å²) >= 11 is 4.72. The van der Waals surface area contributed by atoms with Crippen molar-refractivity contribution in [3.05, 3.63) is 35.9 Å². The van der Waals surface area contributed by atoms with Crippen LogP contribution >= 0.6 is 45.2 Å². The molecule has 1 nitrogen and oxygen atoms in total. The van der Waals surface area contributed by atoms with E-state index in [2.05, 4.69) is 69.4 Å². The molecule has 0 fully saturated rings. The zero-order valence-corrected chi connectivity index (χ0v) is 11.5. The minimum absolute atomic E-state index is 0.271. The number of hydrogen-bond donors (Lipinski definition) is 1. The fraction of sp³-hybridized carbons (Fsp3) is 0.400. The van der Waals surface area contributed by atoms with Crippen LogP contribution in [0.1, 0.15) is 15.9 Å². The van der Waals surface area contributed by atoms with Gasteiger partial charge in [0.2, 0.25) is 0 Å². The topological polar surface area (TPSA) is 20.2 Å². The predicted octanol–water partition coefficient (Wildman–Crippen LogP) is 3.35. The molecule has 2 atom stereocenters. The third-order valence-electron chi connectivity index (χ3n) is 1.82. The molecule has 0 saturated carbocycles. The van der Waals surface area contributed by atoms with E-state index >= 15 is 0 Å². The van der Waals surface area contributed by atoms with Crippen molar-refractivity contribution in [1.82, 2.24) is 0 Å². The van der Waals surface area contributed by atoms with Gasteiger partial charge in [0.1, 0.15) is 0 Å². The van der Waals surface area contributed by atoms with Gasteiger partial charge in [-0.25, -0.2) is 0 Å². The Morgan fingerprint density at radius 2 is 1.77 bits per heavy atom. The first-order valence-corrected chi connectivity index (χ1v) is 6.67. The van der Waals surface area contributed by atoms with E-state index in [-0.39, 0.29) is 6.61 Å². The second-order valence-corrected chi connectivity index (χ2v) is 6.16. The molecular weight excluding hydrogens is 390 g/mol. The molecule has 1 rings (SSSR count). The van der Waals surface area contributed by atoms with Gasteiger partial charge >= 0.3 is 0 Å².